The fourth-order valence-corrected chi connectivity index (χ4v) is 2.92. The molecule has 1 atom stereocenters. The summed E-state index contributed by atoms with van der Waals surface area (Å²) in [4.78, 5) is 0. The van der Waals surface area contributed by atoms with Gasteiger partial charge in [0.2, 0.25) is 0 Å². The van der Waals surface area contributed by atoms with E-state index in [0.29, 0.717) is 0 Å². The normalized spacial score (nSPS) is 13.2. The molecule has 0 saturated heterocycles. The first-order valence-corrected chi connectivity index (χ1v) is 7.90. The van der Waals surface area contributed by atoms with Crippen LogP contribution >= 0.6 is 15.9 Å². The van der Waals surface area contributed by atoms with Gasteiger partial charge in [-0.3, -0.25) is 0 Å². The average molecular weight is 350 g/mol. The SMILES string of the molecule is CNC(Cc1ccc(Br)cc1)C(C)(C)c1ccc(F)cc1. The average Bonchev–Trinajstić information content (AvgIpc) is 2.47. The molecule has 0 aromatic heterocycles. The summed E-state index contributed by atoms with van der Waals surface area (Å²) in [6.45, 7) is 4.39. The van der Waals surface area contributed by atoms with Crippen LogP contribution in [-0.4, -0.2) is 13.1 Å². The van der Waals surface area contributed by atoms with Crippen LogP contribution in [0.4, 0.5) is 4.39 Å². The zero-order valence-electron chi connectivity index (χ0n) is 12.7. The monoisotopic (exact) mass is 349 g/mol. The standard InChI is InChI=1S/C18H21BrFN/c1-18(2,14-6-10-16(20)11-7-14)17(21-3)12-13-4-8-15(19)9-5-13/h4-11,17,21H,12H2,1-3H3. The molecule has 0 radical (unpaired) electrons. The van der Waals surface area contributed by atoms with Crippen molar-refractivity contribution >= 4 is 15.9 Å². The topological polar surface area (TPSA) is 12.0 Å². The highest BCUT2D eigenvalue weighted by Crippen LogP contribution is 2.29. The van der Waals surface area contributed by atoms with Crippen LogP contribution < -0.4 is 5.32 Å². The molecule has 0 aliphatic heterocycles. The third kappa shape index (κ3) is 3.92. The lowest BCUT2D eigenvalue weighted by atomic mass is 9.75. The molecule has 3 heteroatoms. The van der Waals surface area contributed by atoms with Crippen molar-refractivity contribution in [3.63, 3.8) is 0 Å². The van der Waals surface area contributed by atoms with E-state index >= 15 is 0 Å². The maximum Gasteiger partial charge on any atom is 0.123 e. The second-order valence-electron chi connectivity index (χ2n) is 5.90. The van der Waals surface area contributed by atoms with Gasteiger partial charge in [-0.05, 0) is 48.9 Å². The Morgan fingerprint density at radius 3 is 2.14 bits per heavy atom. The third-order valence-electron chi connectivity index (χ3n) is 4.16. The molecule has 1 N–H and O–H groups in total. The summed E-state index contributed by atoms with van der Waals surface area (Å²) in [6, 6.07) is 15.5. The van der Waals surface area contributed by atoms with Gasteiger partial charge in [-0.1, -0.05) is 54.0 Å². The van der Waals surface area contributed by atoms with Crippen molar-refractivity contribution in [2.24, 2.45) is 0 Å². The van der Waals surface area contributed by atoms with Crippen LogP contribution in [0, 0.1) is 5.82 Å². The van der Waals surface area contributed by atoms with Gasteiger partial charge in [-0.2, -0.15) is 0 Å². The van der Waals surface area contributed by atoms with Gasteiger partial charge in [0.15, 0.2) is 0 Å². The highest BCUT2D eigenvalue weighted by Gasteiger charge is 2.30. The molecule has 0 saturated carbocycles. The van der Waals surface area contributed by atoms with Crippen molar-refractivity contribution in [2.45, 2.75) is 31.7 Å². The number of halogens is 2. The van der Waals surface area contributed by atoms with Crippen LogP contribution in [-0.2, 0) is 11.8 Å². The zero-order chi connectivity index (χ0) is 15.5. The molecule has 0 spiro atoms. The molecule has 0 fully saturated rings. The lowest BCUT2D eigenvalue weighted by Crippen LogP contribution is -2.44. The maximum atomic E-state index is 13.1. The molecule has 1 unspecified atom stereocenters. The highest BCUT2D eigenvalue weighted by molar-refractivity contribution is 9.10. The summed E-state index contributed by atoms with van der Waals surface area (Å²) >= 11 is 3.46. The Hall–Kier alpha value is -1.19. The molecule has 0 heterocycles. The zero-order valence-corrected chi connectivity index (χ0v) is 14.2. The summed E-state index contributed by atoms with van der Waals surface area (Å²) in [6.07, 6.45) is 0.925. The molecule has 2 rings (SSSR count). The fraction of sp³-hybridized carbons (Fsp3) is 0.333. The fourth-order valence-electron chi connectivity index (χ4n) is 2.65. The number of nitrogens with one attached hydrogen (secondary N) is 1. The maximum absolute atomic E-state index is 13.1. The van der Waals surface area contributed by atoms with Gasteiger partial charge in [0.25, 0.3) is 0 Å². The van der Waals surface area contributed by atoms with Gasteiger partial charge in [0, 0.05) is 15.9 Å². The second-order valence-corrected chi connectivity index (χ2v) is 6.82. The number of rotatable bonds is 5. The van der Waals surface area contributed by atoms with E-state index in [1.165, 1.54) is 17.7 Å². The van der Waals surface area contributed by atoms with E-state index in [4.69, 9.17) is 0 Å². The molecule has 0 amide bonds. The second kappa shape index (κ2) is 6.71. The first-order valence-electron chi connectivity index (χ1n) is 7.11. The minimum Gasteiger partial charge on any atom is -0.316 e. The number of hydrogen-bond acceptors (Lipinski definition) is 1. The minimum atomic E-state index is -0.191. The smallest absolute Gasteiger partial charge is 0.123 e. The third-order valence-corrected chi connectivity index (χ3v) is 4.69. The Bertz CT molecular complexity index is 575. The van der Waals surface area contributed by atoms with Crippen molar-refractivity contribution in [3.05, 3.63) is 69.9 Å². The Balaban J connectivity index is 2.22. The molecule has 0 bridgehead atoms. The van der Waals surface area contributed by atoms with Crippen molar-refractivity contribution in [2.75, 3.05) is 7.05 Å². The van der Waals surface area contributed by atoms with Crippen LogP contribution in [0.15, 0.2) is 53.0 Å². The van der Waals surface area contributed by atoms with E-state index in [1.807, 2.05) is 19.2 Å². The van der Waals surface area contributed by atoms with Crippen LogP contribution in [0.1, 0.15) is 25.0 Å². The molecule has 2 aromatic carbocycles. The summed E-state index contributed by atoms with van der Waals surface area (Å²) in [7, 11) is 1.98. The Labute approximate surface area is 134 Å². The van der Waals surface area contributed by atoms with Crippen LogP contribution in [0.3, 0.4) is 0 Å². The molecule has 112 valence electrons. The van der Waals surface area contributed by atoms with E-state index in [9.17, 15) is 4.39 Å². The lowest BCUT2D eigenvalue weighted by Gasteiger charge is -2.35. The summed E-state index contributed by atoms with van der Waals surface area (Å²) in [5.41, 5.74) is 2.34. The lowest BCUT2D eigenvalue weighted by molar-refractivity contribution is 0.356. The van der Waals surface area contributed by atoms with Crippen molar-refractivity contribution in [1.82, 2.24) is 5.32 Å². The van der Waals surface area contributed by atoms with Crippen LogP contribution in [0.25, 0.3) is 0 Å². The van der Waals surface area contributed by atoms with Crippen molar-refractivity contribution < 1.29 is 4.39 Å². The minimum absolute atomic E-state index is 0.0878. The Morgan fingerprint density at radius 2 is 1.62 bits per heavy atom. The van der Waals surface area contributed by atoms with Gasteiger partial charge in [0.1, 0.15) is 5.82 Å². The highest BCUT2D eigenvalue weighted by atomic mass is 79.9. The quantitative estimate of drug-likeness (QED) is 0.825. The van der Waals surface area contributed by atoms with Crippen LogP contribution in [0.5, 0.6) is 0 Å². The molecule has 0 aliphatic carbocycles. The Kier molecular flexibility index (Phi) is 5.17. The predicted molar refractivity (Wildman–Crippen MR) is 90.1 cm³/mol. The number of hydrogen-bond donors (Lipinski definition) is 1. The molecule has 1 nitrogen and oxygen atoms in total. The van der Waals surface area contributed by atoms with E-state index in [1.54, 1.807) is 0 Å². The summed E-state index contributed by atoms with van der Waals surface area (Å²) < 4.78 is 14.2. The van der Waals surface area contributed by atoms with Gasteiger partial charge < -0.3 is 5.32 Å². The van der Waals surface area contributed by atoms with E-state index in [2.05, 4.69) is 59.4 Å². The summed E-state index contributed by atoms with van der Waals surface area (Å²) in [5, 5.41) is 3.41. The van der Waals surface area contributed by atoms with Crippen molar-refractivity contribution in [1.29, 1.82) is 0 Å². The van der Waals surface area contributed by atoms with Crippen molar-refractivity contribution in [3.8, 4) is 0 Å². The van der Waals surface area contributed by atoms with E-state index in [-0.39, 0.29) is 17.3 Å². The summed E-state index contributed by atoms with van der Waals surface area (Å²) in [5.74, 6) is -0.191. The van der Waals surface area contributed by atoms with E-state index in [0.717, 1.165) is 16.5 Å². The predicted octanol–water partition coefficient (Wildman–Crippen LogP) is 4.70. The van der Waals surface area contributed by atoms with Gasteiger partial charge in [-0.25, -0.2) is 4.39 Å². The molecule has 21 heavy (non-hydrogen) atoms. The Morgan fingerprint density at radius 1 is 1.05 bits per heavy atom. The van der Waals surface area contributed by atoms with Gasteiger partial charge >= 0.3 is 0 Å². The molecule has 0 aliphatic rings. The number of likely N-dealkylation sites (N-methyl/N-ethyl adjacent to an activating group) is 1. The van der Waals surface area contributed by atoms with E-state index < -0.39 is 0 Å². The van der Waals surface area contributed by atoms with Gasteiger partial charge in [-0.15, -0.1) is 0 Å². The first-order chi connectivity index (χ1) is 9.93. The molecule has 2 aromatic rings. The molecular formula is C18H21BrFN. The first kappa shape index (κ1) is 16.2. The largest absolute Gasteiger partial charge is 0.316 e. The molecular weight excluding hydrogens is 329 g/mol. The van der Waals surface area contributed by atoms with Crippen LogP contribution in [0.2, 0.25) is 0 Å². The number of benzene rings is 2. The van der Waals surface area contributed by atoms with Gasteiger partial charge in [0.05, 0.1) is 0 Å².